The number of hydrogen-bond donors (Lipinski definition) is 2. The molecule has 0 aliphatic heterocycles. The third-order valence-electron chi connectivity index (χ3n) is 3.55. The largest absolute Gasteiger partial charge is 0.492 e. The highest BCUT2D eigenvalue weighted by Crippen LogP contribution is 2.12. The van der Waals surface area contributed by atoms with Gasteiger partial charge in [-0.2, -0.15) is 0 Å². The minimum atomic E-state index is -0.170. The third kappa shape index (κ3) is 6.20. The van der Waals surface area contributed by atoms with Gasteiger partial charge in [-0.3, -0.25) is 0 Å². The van der Waals surface area contributed by atoms with Crippen molar-refractivity contribution in [3.05, 3.63) is 60.2 Å². The summed E-state index contributed by atoms with van der Waals surface area (Å²) < 4.78 is 5.51. The Bertz CT molecular complexity index is 612. The van der Waals surface area contributed by atoms with Crippen LogP contribution in [0.2, 0.25) is 0 Å². The molecule has 0 aliphatic rings. The molecule has 0 aliphatic carbocycles. The molecule has 0 aromatic heterocycles. The molecule has 0 unspecified atom stereocenters. The summed E-state index contributed by atoms with van der Waals surface area (Å²) in [6, 6.07) is 17.7. The monoisotopic (exact) mass is 327 g/mol. The zero-order valence-electron chi connectivity index (χ0n) is 14.3. The van der Waals surface area contributed by atoms with E-state index in [9.17, 15) is 4.79 Å². The predicted octanol–water partition coefficient (Wildman–Crippen LogP) is 2.67. The smallest absolute Gasteiger partial charge is 0.314 e. The Hall–Kier alpha value is -2.69. The SMILES string of the molecule is CN(C)c1ccc(CCNC(=O)NCCOc2ccccc2)cc1. The van der Waals surface area contributed by atoms with Crippen molar-refractivity contribution in [1.82, 2.24) is 10.6 Å². The van der Waals surface area contributed by atoms with Crippen molar-refractivity contribution >= 4 is 11.7 Å². The first-order chi connectivity index (χ1) is 11.6. The Morgan fingerprint density at radius 2 is 1.62 bits per heavy atom. The second kappa shape index (κ2) is 9.45. The van der Waals surface area contributed by atoms with Gasteiger partial charge in [-0.1, -0.05) is 30.3 Å². The average molecular weight is 327 g/mol. The molecule has 5 heteroatoms. The van der Waals surface area contributed by atoms with E-state index in [4.69, 9.17) is 4.74 Å². The summed E-state index contributed by atoms with van der Waals surface area (Å²) in [7, 11) is 4.03. The molecular weight excluding hydrogens is 302 g/mol. The van der Waals surface area contributed by atoms with Crippen molar-refractivity contribution in [3.8, 4) is 5.75 Å². The van der Waals surface area contributed by atoms with Gasteiger partial charge >= 0.3 is 6.03 Å². The first-order valence-corrected chi connectivity index (χ1v) is 8.11. The van der Waals surface area contributed by atoms with Gasteiger partial charge in [0.1, 0.15) is 12.4 Å². The van der Waals surface area contributed by atoms with Crippen molar-refractivity contribution in [2.45, 2.75) is 6.42 Å². The van der Waals surface area contributed by atoms with Crippen LogP contribution in [0.3, 0.4) is 0 Å². The van der Waals surface area contributed by atoms with E-state index < -0.39 is 0 Å². The van der Waals surface area contributed by atoms with E-state index in [2.05, 4.69) is 39.8 Å². The van der Waals surface area contributed by atoms with E-state index in [1.54, 1.807) is 0 Å². The first kappa shape index (κ1) is 17.7. The van der Waals surface area contributed by atoms with E-state index in [-0.39, 0.29) is 6.03 Å². The number of hydrogen-bond acceptors (Lipinski definition) is 3. The van der Waals surface area contributed by atoms with Crippen molar-refractivity contribution in [2.24, 2.45) is 0 Å². The maximum atomic E-state index is 11.7. The Morgan fingerprint density at radius 3 is 2.29 bits per heavy atom. The first-order valence-electron chi connectivity index (χ1n) is 8.11. The zero-order chi connectivity index (χ0) is 17.2. The van der Waals surface area contributed by atoms with Crippen molar-refractivity contribution in [3.63, 3.8) is 0 Å². The average Bonchev–Trinajstić information content (AvgIpc) is 2.60. The third-order valence-corrected chi connectivity index (χ3v) is 3.55. The van der Waals surface area contributed by atoms with Crippen molar-refractivity contribution in [2.75, 3.05) is 38.7 Å². The number of benzene rings is 2. The molecule has 128 valence electrons. The van der Waals surface area contributed by atoms with Crippen LogP contribution in [-0.4, -0.2) is 39.8 Å². The number of carbonyl (C=O) groups is 1. The van der Waals surface area contributed by atoms with Crippen LogP contribution in [-0.2, 0) is 6.42 Å². The summed E-state index contributed by atoms with van der Waals surface area (Å²) in [6.07, 6.45) is 0.807. The van der Waals surface area contributed by atoms with Gasteiger partial charge < -0.3 is 20.3 Å². The number of nitrogens with one attached hydrogen (secondary N) is 2. The molecule has 5 nitrogen and oxygen atoms in total. The lowest BCUT2D eigenvalue weighted by molar-refractivity contribution is 0.236. The molecule has 0 heterocycles. The molecule has 2 aromatic rings. The summed E-state index contributed by atoms with van der Waals surface area (Å²) in [5.74, 6) is 0.806. The number of nitrogens with zero attached hydrogens (tertiary/aromatic N) is 1. The van der Waals surface area contributed by atoms with Gasteiger partial charge in [0.05, 0.1) is 6.54 Å². The van der Waals surface area contributed by atoms with Crippen LogP contribution in [0.25, 0.3) is 0 Å². The lowest BCUT2D eigenvalue weighted by Gasteiger charge is -2.13. The summed E-state index contributed by atoms with van der Waals surface area (Å²) in [5.41, 5.74) is 2.37. The molecule has 0 fully saturated rings. The molecule has 0 saturated carbocycles. The predicted molar refractivity (Wildman–Crippen MR) is 97.8 cm³/mol. The van der Waals surface area contributed by atoms with E-state index in [1.807, 2.05) is 44.4 Å². The molecule has 0 saturated heterocycles. The maximum Gasteiger partial charge on any atom is 0.314 e. The maximum absolute atomic E-state index is 11.7. The quantitative estimate of drug-likeness (QED) is 0.733. The molecule has 0 bridgehead atoms. The van der Waals surface area contributed by atoms with Crippen molar-refractivity contribution in [1.29, 1.82) is 0 Å². The van der Waals surface area contributed by atoms with E-state index in [1.165, 1.54) is 11.3 Å². The standard InChI is InChI=1S/C19H25N3O2/c1-22(2)17-10-8-16(9-11-17)12-13-20-19(23)21-14-15-24-18-6-4-3-5-7-18/h3-11H,12-15H2,1-2H3,(H2,20,21,23). The number of rotatable bonds is 8. The highest BCUT2D eigenvalue weighted by Gasteiger charge is 2.01. The Morgan fingerprint density at radius 1 is 0.958 bits per heavy atom. The Kier molecular flexibility index (Phi) is 6.95. The number of ether oxygens (including phenoxy) is 1. The number of anilines is 1. The lowest BCUT2D eigenvalue weighted by Crippen LogP contribution is -2.38. The normalized spacial score (nSPS) is 10.1. The van der Waals surface area contributed by atoms with E-state index in [0.29, 0.717) is 19.7 Å². The fourth-order valence-electron chi connectivity index (χ4n) is 2.19. The fourth-order valence-corrected chi connectivity index (χ4v) is 2.19. The molecule has 2 amide bonds. The van der Waals surface area contributed by atoms with Gasteiger partial charge in [0, 0.05) is 26.3 Å². The van der Waals surface area contributed by atoms with E-state index >= 15 is 0 Å². The number of amides is 2. The number of carbonyl (C=O) groups excluding carboxylic acids is 1. The second-order valence-electron chi connectivity index (χ2n) is 5.66. The molecular formula is C19H25N3O2. The van der Waals surface area contributed by atoms with Crippen LogP contribution in [0.4, 0.5) is 10.5 Å². The Labute approximate surface area is 143 Å². The second-order valence-corrected chi connectivity index (χ2v) is 5.66. The minimum absolute atomic E-state index is 0.170. The van der Waals surface area contributed by atoms with Gasteiger partial charge in [-0.15, -0.1) is 0 Å². The number of urea groups is 1. The van der Waals surface area contributed by atoms with Crippen LogP contribution >= 0.6 is 0 Å². The van der Waals surface area contributed by atoms with Crippen LogP contribution in [0.15, 0.2) is 54.6 Å². The Balaban J connectivity index is 1.58. The lowest BCUT2D eigenvalue weighted by atomic mass is 10.1. The highest BCUT2D eigenvalue weighted by molar-refractivity contribution is 5.73. The molecule has 2 N–H and O–H groups in total. The van der Waals surface area contributed by atoms with E-state index in [0.717, 1.165) is 12.2 Å². The summed E-state index contributed by atoms with van der Waals surface area (Å²) in [5, 5.41) is 5.63. The van der Waals surface area contributed by atoms with Crippen LogP contribution < -0.4 is 20.3 Å². The van der Waals surface area contributed by atoms with Gasteiger partial charge in [0.2, 0.25) is 0 Å². The molecule has 0 radical (unpaired) electrons. The van der Waals surface area contributed by atoms with Gasteiger partial charge in [-0.05, 0) is 36.2 Å². The molecule has 2 aromatic carbocycles. The minimum Gasteiger partial charge on any atom is -0.492 e. The number of para-hydroxylation sites is 1. The molecule has 0 atom stereocenters. The highest BCUT2D eigenvalue weighted by atomic mass is 16.5. The van der Waals surface area contributed by atoms with Crippen LogP contribution in [0.5, 0.6) is 5.75 Å². The van der Waals surface area contributed by atoms with Gasteiger partial charge in [0.15, 0.2) is 0 Å². The molecule has 0 spiro atoms. The van der Waals surface area contributed by atoms with Crippen LogP contribution in [0, 0.1) is 0 Å². The summed E-state index contributed by atoms with van der Waals surface area (Å²) >= 11 is 0. The molecule has 2 rings (SSSR count). The van der Waals surface area contributed by atoms with Gasteiger partial charge in [0.25, 0.3) is 0 Å². The zero-order valence-corrected chi connectivity index (χ0v) is 14.3. The van der Waals surface area contributed by atoms with Gasteiger partial charge in [-0.25, -0.2) is 4.79 Å². The topological polar surface area (TPSA) is 53.6 Å². The summed E-state index contributed by atoms with van der Waals surface area (Å²) in [6.45, 7) is 1.52. The molecule has 24 heavy (non-hydrogen) atoms. The van der Waals surface area contributed by atoms with Crippen molar-refractivity contribution < 1.29 is 9.53 Å². The summed E-state index contributed by atoms with van der Waals surface area (Å²) in [4.78, 5) is 13.8. The fraction of sp³-hybridized carbons (Fsp3) is 0.316. The van der Waals surface area contributed by atoms with Crippen LogP contribution in [0.1, 0.15) is 5.56 Å².